The van der Waals surface area contributed by atoms with Gasteiger partial charge in [0, 0.05) is 19.4 Å². The van der Waals surface area contributed by atoms with Gasteiger partial charge in [-0.25, -0.2) is 4.57 Å². The predicted molar refractivity (Wildman–Crippen MR) is 266 cm³/mol. The number of carbonyl (C=O) groups is 2. The van der Waals surface area contributed by atoms with Gasteiger partial charge in [0.25, 0.3) is 0 Å². The Bertz CT molecular complexity index is 1000. The number of phosphoric acid groups is 1. The van der Waals surface area contributed by atoms with E-state index in [0.717, 1.165) is 32.1 Å². The van der Waals surface area contributed by atoms with Crippen molar-refractivity contribution in [3.05, 3.63) is 0 Å². The summed E-state index contributed by atoms with van der Waals surface area (Å²) in [6.45, 7) is 3.82. The van der Waals surface area contributed by atoms with Crippen LogP contribution in [0.15, 0.2) is 0 Å². The molecule has 3 N–H and O–H groups in total. The Morgan fingerprint density at radius 3 is 0.968 bits per heavy atom. The van der Waals surface area contributed by atoms with Crippen molar-refractivity contribution in [1.29, 1.82) is 0 Å². The van der Waals surface area contributed by atoms with Crippen molar-refractivity contribution in [2.24, 2.45) is 5.73 Å². The van der Waals surface area contributed by atoms with Crippen LogP contribution in [0.1, 0.15) is 296 Å². The van der Waals surface area contributed by atoms with Crippen LogP contribution < -0.4 is 5.73 Å². The summed E-state index contributed by atoms with van der Waals surface area (Å²) in [6, 6.07) is 0. The van der Waals surface area contributed by atoms with Gasteiger partial charge in [-0.3, -0.25) is 18.6 Å². The molecule has 0 rings (SSSR count). The first kappa shape index (κ1) is 62.0. The SMILES string of the molecule is CCCCCCCCCCCCCCCCCCCCCCCCCC(=O)O[C@H](COC(=O)CCCCCCCCCCCCCCCCCCCCC)COP(=O)(O)OCCN. The molecule has 2 atom stereocenters. The Hall–Kier alpha value is -0.990. The number of nitrogens with two attached hydrogens (primary N) is 1. The highest BCUT2D eigenvalue weighted by Gasteiger charge is 2.26. The number of hydrogen-bond acceptors (Lipinski definition) is 8. The molecule has 0 aromatic rings. The largest absolute Gasteiger partial charge is 0.472 e. The van der Waals surface area contributed by atoms with E-state index in [0.29, 0.717) is 6.42 Å². The van der Waals surface area contributed by atoms with Crippen molar-refractivity contribution < 1.29 is 37.6 Å². The molecule has 0 saturated carbocycles. The average Bonchev–Trinajstić information content (AvgIpc) is 3.27. The molecule has 0 aromatic carbocycles. The fourth-order valence-electron chi connectivity index (χ4n) is 8.40. The van der Waals surface area contributed by atoms with Crippen molar-refractivity contribution in [3.63, 3.8) is 0 Å². The molecule has 0 aliphatic carbocycles. The van der Waals surface area contributed by atoms with E-state index in [1.165, 1.54) is 231 Å². The van der Waals surface area contributed by atoms with Gasteiger partial charge in [-0.15, -0.1) is 0 Å². The molecule has 0 aliphatic heterocycles. The van der Waals surface area contributed by atoms with Gasteiger partial charge >= 0.3 is 19.8 Å². The highest BCUT2D eigenvalue weighted by atomic mass is 31.2. The van der Waals surface area contributed by atoms with E-state index >= 15 is 0 Å². The Morgan fingerprint density at radius 1 is 0.413 bits per heavy atom. The fourth-order valence-corrected chi connectivity index (χ4v) is 9.17. The summed E-state index contributed by atoms with van der Waals surface area (Å²) in [5, 5.41) is 0. The Labute approximate surface area is 390 Å². The first-order valence-corrected chi connectivity index (χ1v) is 29.0. The molecule has 0 aromatic heterocycles. The molecule has 9 nitrogen and oxygen atoms in total. The summed E-state index contributed by atoms with van der Waals surface area (Å²) in [4.78, 5) is 35.1. The van der Waals surface area contributed by atoms with Crippen LogP contribution in [0.25, 0.3) is 0 Å². The molecule has 0 amide bonds. The summed E-state index contributed by atoms with van der Waals surface area (Å²) in [6.07, 6.45) is 54.4. The summed E-state index contributed by atoms with van der Waals surface area (Å²) >= 11 is 0. The Kier molecular flexibility index (Phi) is 49.6. The maximum Gasteiger partial charge on any atom is 0.472 e. The van der Waals surface area contributed by atoms with E-state index in [2.05, 4.69) is 13.8 Å². The smallest absolute Gasteiger partial charge is 0.462 e. The third kappa shape index (κ3) is 50.3. The summed E-state index contributed by atoms with van der Waals surface area (Å²) < 4.78 is 33.0. The lowest BCUT2D eigenvalue weighted by molar-refractivity contribution is -0.161. The lowest BCUT2D eigenvalue weighted by Crippen LogP contribution is -2.29. The van der Waals surface area contributed by atoms with Crippen LogP contribution in [0.4, 0.5) is 0 Å². The molecule has 0 radical (unpaired) electrons. The second-order valence-corrected chi connectivity index (χ2v) is 20.3. The molecular weight excluding hydrogens is 810 g/mol. The van der Waals surface area contributed by atoms with Gasteiger partial charge in [0.2, 0.25) is 0 Å². The van der Waals surface area contributed by atoms with Crippen molar-refractivity contribution in [2.45, 2.75) is 302 Å². The van der Waals surface area contributed by atoms with Gasteiger partial charge in [-0.05, 0) is 12.8 Å². The van der Waals surface area contributed by atoms with Gasteiger partial charge in [-0.1, -0.05) is 271 Å². The molecule has 1 unspecified atom stereocenters. The molecule has 0 aliphatic rings. The molecule has 0 saturated heterocycles. The molecule has 0 heterocycles. The van der Waals surface area contributed by atoms with E-state index in [-0.39, 0.29) is 38.6 Å². The van der Waals surface area contributed by atoms with E-state index in [4.69, 9.17) is 24.3 Å². The maximum atomic E-state index is 12.7. The van der Waals surface area contributed by atoms with Crippen LogP contribution in [0.5, 0.6) is 0 Å². The van der Waals surface area contributed by atoms with Crippen molar-refractivity contribution >= 4 is 19.8 Å². The number of carbonyl (C=O) groups excluding carboxylic acids is 2. The normalized spacial score (nSPS) is 13.0. The topological polar surface area (TPSA) is 134 Å². The molecule has 0 spiro atoms. The molecule has 0 fully saturated rings. The quantitative estimate of drug-likeness (QED) is 0.0347. The number of rotatable bonds is 53. The maximum absolute atomic E-state index is 12.7. The van der Waals surface area contributed by atoms with Crippen LogP contribution >= 0.6 is 7.82 Å². The average molecular weight is 916 g/mol. The van der Waals surface area contributed by atoms with Crippen LogP contribution in [0.3, 0.4) is 0 Å². The van der Waals surface area contributed by atoms with Crippen molar-refractivity contribution in [3.8, 4) is 0 Å². The predicted octanol–water partition coefficient (Wildman–Crippen LogP) is 16.7. The highest BCUT2D eigenvalue weighted by Crippen LogP contribution is 2.43. The zero-order valence-corrected chi connectivity index (χ0v) is 42.7. The molecule has 0 bridgehead atoms. The molecule has 63 heavy (non-hydrogen) atoms. The van der Waals surface area contributed by atoms with Crippen LogP contribution in [0.2, 0.25) is 0 Å². The van der Waals surface area contributed by atoms with Gasteiger partial charge in [0.05, 0.1) is 13.2 Å². The number of hydrogen-bond donors (Lipinski definition) is 2. The number of unbranched alkanes of at least 4 members (excludes halogenated alkanes) is 40. The number of esters is 2. The third-order valence-electron chi connectivity index (χ3n) is 12.5. The van der Waals surface area contributed by atoms with Gasteiger partial charge < -0.3 is 20.1 Å². The standard InChI is InChI=1S/C53H106NO8P/c1-3-5-7-9-11-13-15-17-19-21-23-24-25-26-28-30-32-34-36-38-40-42-44-46-53(56)62-51(50-61-63(57,58)60-48-47-54)49-59-52(55)45-43-41-39-37-35-33-31-29-27-22-20-18-16-14-12-10-8-6-4-2/h51H,3-50,54H2,1-2H3,(H,57,58)/t51-/m1/s1. The van der Waals surface area contributed by atoms with E-state index < -0.39 is 26.5 Å². The van der Waals surface area contributed by atoms with Crippen molar-refractivity contribution in [1.82, 2.24) is 0 Å². The minimum absolute atomic E-state index is 0.0585. The van der Waals surface area contributed by atoms with Crippen molar-refractivity contribution in [2.75, 3.05) is 26.4 Å². The first-order chi connectivity index (χ1) is 30.8. The summed E-state index contributed by atoms with van der Waals surface area (Å²) in [5.41, 5.74) is 5.38. The minimum Gasteiger partial charge on any atom is -0.462 e. The Morgan fingerprint density at radius 2 is 0.683 bits per heavy atom. The van der Waals surface area contributed by atoms with E-state index in [1.54, 1.807) is 0 Å². The van der Waals surface area contributed by atoms with E-state index in [1.807, 2.05) is 0 Å². The second-order valence-electron chi connectivity index (χ2n) is 18.8. The first-order valence-electron chi connectivity index (χ1n) is 27.5. The number of ether oxygens (including phenoxy) is 2. The number of phosphoric ester groups is 1. The van der Waals surface area contributed by atoms with Gasteiger partial charge in [0.15, 0.2) is 6.10 Å². The molecule has 376 valence electrons. The van der Waals surface area contributed by atoms with Crippen LogP contribution in [-0.4, -0.2) is 49.3 Å². The Balaban J connectivity index is 3.94. The monoisotopic (exact) mass is 916 g/mol. The minimum atomic E-state index is -4.38. The van der Waals surface area contributed by atoms with Crippen LogP contribution in [-0.2, 0) is 32.7 Å². The van der Waals surface area contributed by atoms with Crippen LogP contribution in [0, 0.1) is 0 Å². The van der Waals surface area contributed by atoms with Gasteiger partial charge in [-0.2, -0.15) is 0 Å². The highest BCUT2D eigenvalue weighted by molar-refractivity contribution is 7.47. The lowest BCUT2D eigenvalue weighted by atomic mass is 10.0. The zero-order chi connectivity index (χ0) is 46.0. The fraction of sp³-hybridized carbons (Fsp3) is 0.962. The summed E-state index contributed by atoms with van der Waals surface area (Å²) in [7, 11) is -4.38. The van der Waals surface area contributed by atoms with E-state index in [9.17, 15) is 19.0 Å². The molecule has 10 heteroatoms. The zero-order valence-electron chi connectivity index (χ0n) is 41.8. The summed E-state index contributed by atoms with van der Waals surface area (Å²) in [5.74, 6) is -0.804. The second kappa shape index (κ2) is 50.4. The molecular formula is C53H106NO8P. The van der Waals surface area contributed by atoms with Gasteiger partial charge in [0.1, 0.15) is 6.61 Å². The third-order valence-corrected chi connectivity index (χ3v) is 13.5. The lowest BCUT2D eigenvalue weighted by Gasteiger charge is -2.19.